The lowest BCUT2D eigenvalue weighted by atomic mass is 10.0. The molecule has 1 aromatic heterocycles. The third-order valence-electron chi connectivity index (χ3n) is 3.54. The van der Waals surface area contributed by atoms with Crippen molar-refractivity contribution >= 4 is 0 Å². The molecule has 1 N–H and O–H groups in total. The molecular weight excluding hydrogens is 220 g/mol. The van der Waals surface area contributed by atoms with Crippen LogP contribution in [0.5, 0.6) is 0 Å². The van der Waals surface area contributed by atoms with E-state index in [0.29, 0.717) is 0 Å². The van der Waals surface area contributed by atoms with Gasteiger partial charge in [-0.3, -0.25) is 4.98 Å². The first-order chi connectivity index (χ1) is 8.92. The summed E-state index contributed by atoms with van der Waals surface area (Å²) in [5, 5.41) is 3.41. The quantitative estimate of drug-likeness (QED) is 0.889. The molecule has 1 atom stereocenters. The molecule has 92 valence electrons. The Morgan fingerprint density at radius 2 is 1.94 bits per heavy atom. The zero-order valence-electron chi connectivity index (χ0n) is 10.5. The minimum atomic E-state index is 0.753. The highest BCUT2D eigenvalue weighted by Gasteiger charge is 2.15. The van der Waals surface area contributed by atoms with Crippen LogP contribution in [0.3, 0.4) is 0 Å². The van der Waals surface area contributed by atoms with E-state index in [1.165, 1.54) is 17.7 Å². The Bertz CT molecular complexity index is 502. The van der Waals surface area contributed by atoms with E-state index in [9.17, 15) is 0 Å². The first-order valence-electron chi connectivity index (χ1n) is 6.64. The van der Waals surface area contributed by atoms with E-state index in [4.69, 9.17) is 4.98 Å². The number of aromatic nitrogens is 1. The molecule has 0 aliphatic carbocycles. The molecule has 0 saturated carbocycles. The highest BCUT2D eigenvalue weighted by atomic mass is 14.9. The van der Waals surface area contributed by atoms with Crippen molar-refractivity contribution in [3.63, 3.8) is 0 Å². The van der Waals surface area contributed by atoms with Crippen LogP contribution in [-0.2, 0) is 6.42 Å². The molecular formula is C16H18N2. The molecule has 2 aromatic rings. The Hall–Kier alpha value is -1.67. The normalized spacial score (nSPS) is 19.0. The van der Waals surface area contributed by atoms with Crippen molar-refractivity contribution in [2.24, 2.45) is 5.92 Å². The maximum absolute atomic E-state index is 4.78. The van der Waals surface area contributed by atoms with Crippen LogP contribution in [0.2, 0.25) is 0 Å². The van der Waals surface area contributed by atoms with Crippen LogP contribution >= 0.6 is 0 Å². The molecule has 2 heterocycles. The Kier molecular flexibility index (Phi) is 3.37. The summed E-state index contributed by atoms with van der Waals surface area (Å²) in [4.78, 5) is 4.78. The van der Waals surface area contributed by atoms with Crippen molar-refractivity contribution in [2.45, 2.75) is 12.8 Å². The van der Waals surface area contributed by atoms with Crippen LogP contribution in [-0.4, -0.2) is 18.1 Å². The SMILES string of the molecule is c1ccc(-c2cccc(CC3CCNC3)n2)cc1. The molecule has 18 heavy (non-hydrogen) atoms. The van der Waals surface area contributed by atoms with E-state index in [1.807, 2.05) is 6.07 Å². The zero-order chi connectivity index (χ0) is 12.2. The molecule has 1 aromatic carbocycles. The molecule has 1 aliphatic rings. The van der Waals surface area contributed by atoms with Crippen LogP contribution in [0.15, 0.2) is 48.5 Å². The second-order valence-electron chi connectivity index (χ2n) is 4.94. The van der Waals surface area contributed by atoms with Gasteiger partial charge in [-0.25, -0.2) is 0 Å². The Morgan fingerprint density at radius 3 is 2.72 bits per heavy atom. The molecule has 1 unspecified atom stereocenters. The van der Waals surface area contributed by atoms with Crippen molar-refractivity contribution in [2.75, 3.05) is 13.1 Å². The molecule has 1 fully saturated rings. The minimum absolute atomic E-state index is 0.753. The van der Waals surface area contributed by atoms with Gasteiger partial charge in [-0.1, -0.05) is 36.4 Å². The predicted molar refractivity (Wildman–Crippen MR) is 74.4 cm³/mol. The van der Waals surface area contributed by atoms with Crippen LogP contribution in [0.25, 0.3) is 11.3 Å². The standard InChI is InChI=1S/C16H18N2/c1-2-5-14(6-3-1)16-8-4-7-15(18-16)11-13-9-10-17-12-13/h1-8,13,17H,9-12H2. The second kappa shape index (κ2) is 5.32. The fourth-order valence-electron chi connectivity index (χ4n) is 2.55. The first-order valence-corrected chi connectivity index (χ1v) is 6.64. The molecule has 1 aliphatic heterocycles. The van der Waals surface area contributed by atoms with Crippen LogP contribution in [0.4, 0.5) is 0 Å². The highest BCUT2D eigenvalue weighted by Crippen LogP contribution is 2.19. The third kappa shape index (κ3) is 2.59. The zero-order valence-corrected chi connectivity index (χ0v) is 10.5. The summed E-state index contributed by atoms with van der Waals surface area (Å²) in [6, 6.07) is 16.7. The van der Waals surface area contributed by atoms with Crippen molar-refractivity contribution in [1.82, 2.24) is 10.3 Å². The average Bonchev–Trinajstić information content (AvgIpc) is 2.93. The van der Waals surface area contributed by atoms with Gasteiger partial charge in [0.05, 0.1) is 5.69 Å². The van der Waals surface area contributed by atoms with Gasteiger partial charge in [-0.05, 0) is 44.0 Å². The fourth-order valence-corrected chi connectivity index (χ4v) is 2.55. The second-order valence-corrected chi connectivity index (χ2v) is 4.94. The van der Waals surface area contributed by atoms with Gasteiger partial charge in [0.15, 0.2) is 0 Å². The topological polar surface area (TPSA) is 24.9 Å². The number of hydrogen-bond acceptors (Lipinski definition) is 2. The van der Waals surface area contributed by atoms with Crippen molar-refractivity contribution in [1.29, 1.82) is 0 Å². The summed E-state index contributed by atoms with van der Waals surface area (Å²) in [7, 11) is 0. The molecule has 1 saturated heterocycles. The maximum atomic E-state index is 4.78. The van der Waals surface area contributed by atoms with E-state index < -0.39 is 0 Å². The minimum Gasteiger partial charge on any atom is -0.316 e. The number of benzene rings is 1. The Morgan fingerprint density at radius 1 is 1.06 bits per heavy atom. The Labute approximate surface area is 108 Å². The molecule has 3 rings (SSSR count). The van der Waals surface area contributed by atoms with Gasteiger partial charge in [0.1, 0.15) is 0 Å². The van der Waals surface area contributed by atoms with Crippen LogP contribution in [0.1, 0.15) is 12.1 Å². The lowest BCUT2D eigenvalue weighted by Gasteiger charge is -2.09. The summed E-state index contributed by atoms with van der Waals surface area (Å²) in [5.41, 5.74) is 3.49. The molecule has 2 heteroatoms. The monoisotopic (exact) mass is 238 g/mol. The number of nitrogens with zero attached hydrogens (tertiary/aromatic N) is 1. The van der Waals surface area contributed by atoms with Crippen LogP contribution < -0.4 is 5.32 Å². The fraction of sp³-hybridized carbons (Fsp3) is 0.312. The maximum Gasteiger partial charge on any atom is 0.0705 e. The molecule has 0 radical (unpaired) electrons. The van der Waals surface area contributed by atoms with E-state index in [2.05, 4.69) is 47.8 Å². The van der Waals surface area contributed by atoms with Gasteiger partial charge in [0, 0.05) is 11.3 Å². The van der Waals surface area contributed by atoms with Gasteiger partial charge in [0.25, 0.3) is 0 Å². The van der Waals surface area contributed by atoms with Gasteiger partial charge in [-0.15, -0.1) is 0 Å². The van der Waals surface area contributed by atoms with E-state index in [-0.39, 0.29) is 0 Å². The predicted octanol–water partition coefficient (Wildman–Crippen LogP) is 2.90. The van der Waals surface area contributed by atoms with Gasteiger partial charge in [0.2, 0.25) is 0 Å². The van der Waals surface area contributed by atoms with Crippen molar-refractivity contribution in [3.8, 4) is 11.3 Å². The van der Waals surface area contributed by atoms with E-state index in [0.717, 1.165) is 31.1 Å². The first kappa shape index (κ1) is 11.4. The summed E-state index contributed by atoms with van der Waals surface area (Å²) in [6.45, 7) is 2.29. The molecule has 0 bridgehead atoms. The number of nitrogens with one attached hydrogen (secondary N) is 1. The third-order valence-corrected chi connectivity index (χ3v) is 3.54. The van der Waals surface area contributed by atoms with E-state index in [1.54, 1.807) is 0 Å². The van der Waals surface area contributed by atoms with Crippen molar-refractivity contribution < 1.29 is 0 Å². The van der Waals surface area contributed by atoms with Gasteiger partial charge in [-0.2, -0.15) is 0 Å². The van der Waals surface area contributed by atoms with Crippen LogP contribution in [0, 0.1) is 5.92 Å². The number of rotatable bonds is 3. The Balaban J connectivity index is 1.80. The summed E-state index contributed by atoms with van der Waals surface area (Å²) in [6.07, 6.45) is 2.37. The highest BCUT2D eigenvalue weighted by molar-refractivity contribution is 5.58. The lowest BCUT2D eigenvalue weighted by Crippen LogP contribution is -2.11. The van der Waals surface area contributed by atoms with Crippen molar-refractivity contribution in [3.05, 3.63) is 54.2 Å². The molecule has 2 nitrogen and oxygen atoms in total. The molecule has 0 spiro atoms. The largest absolute Gasteiger partial charge is 0.316 e. The van der Waals surface area contributed by atoms with E-state index >= 15 is 0 Å². The summed E-state index contributed by atoms with van der Waals surface area (Å²) < 4.78 is 0. The number of pyridine rings is 1. The summed E-state index contributed by atoms with van der Waals surface area (Å²) in [5.74, 6) is 0.753. The number of hydrogen-bond donors (Lipinski definition) is 1. The van der Waals surface area contributed by atoms with Gasteiger partial charge >= 0.3 is 0 Å². The smallest absolute Gasteiger partial charge is 0.0705 e. The lowest BCUT2D eigenvalue weighted by molar-refractivity contribution is 0.572. The molecule has 0 amide bonds. The average molecular weight is 238 g/mol. The summed E-state index contributed by atoms with van der Waals surface area (Å²) >= 11 is 0. The van der Waals surface area contributed by atoms with Gasteiger partial charge < -0.3 is 5.32 Å².